The summed E-state index contributed by atoms with van der Waals surface area (Å²) in [4.78, 5) is 10.5. The molecule has 92 valence electrons. The Kier molecular flexibility index (Phi) is 8.12. The average molecular weight is 272 g/mol. The fraction of sp³-hybridized carbons (Fsp3) is 0.214. The average Bonchev–Trinajstić information content (AvgIpc) is 2.94. The van der Waals surface area contributed by atoms with Crippen LogP contribution in [0.25, 0.3) is 0 Å². The van der Waals surface area contributed by atoms with Gasteiger partial charge in [0.25, 0.3) is 0 Å². The molecule has 0 heterocycles. The first kappa shape index (κ1) is 15.7. The summed E-state index contributed by atoms with van der Waals surface area (Å²) in [6, 6.07) is 17.7. The Labute approximate surface area is 113 Å². The first-order valence-electron chi connectivity index (χ1n) is 5.25. The van der Waals surface area contributed by atoms with Crippen LogP contribution in [0.2, 0.25) is 0 Å². The summed E-state index contributed by atoms with van der Waals surface area (Å²) in [5.74, 6) is -0.237. The molecule has 0 unspecified atom stereocenters. The van der Waals surface area contributed by atoms with Crippen molar-refractivity contribution in [3.63, 3.8) is 0 Å². The van der Waals surface area contributed by atoms with Crippen LogP contribution in [0.5, 0.6) is 0 Å². The molecule has 2 aromatic rings. The number of hydrogen-bond donors (Lipinski definition) is 0. The number of ether oxygens (including phenoxy) is 1. The van der Waals surface area contributed by atoms with E-state index < -0.39 is 0 Å². The zero-order chi connectivity index (χ0) is 11.8. The van der Waals surface area contributed by atoms with Crippen LogP contribution in [-0.4, -0.2) is 5.97 Å². The second-order valence-electron chi connectivity index (χ2n) is 3.43. The van der Waals surface area contributed by atoms with Crippen molar-refractivity contribution in [2.75, 3.05) is 0 Å². The Bertz CT molecular complexity index is 359. The van der Waals surface area contributed by atoms with Gasteiger partial charge in [0.2, 0.25) is 0 Å². The van der Waals surface area contributed by atoms with Gasteiger partial charge in [0, 0.05) is 6.92 Å². The molecule has 0 saturated heterocycles. The quantitative estimate of drug-likeness (QED) is 0.475. The van der Waals surface area contributed by atoms with E-state index in [1.807, 2.05) is 61.5 Å². The number of carbonyl (C=O) groups excluding carboxylic acids is 1. The van der Waals surface area contributed by atoms with Gasteiger partial charge >= 0.3 is 23.0 Å². The third-order valence-electron chi connectivity index (χ3n) is 2.06. The van der Waals surface area contributed by atoms with Crippen molar-refractivity contribution in [1.29, 1.82) is 0 Å². The molecule has 0 aliphatic heterocycles. The van der Waals surface area contributed by atoms with Gasteiger partial charge in [0.15, 0.2) is 0 Å². The first-order valence-corrected chi connectivity index (χ1v) is 5.25. The van der Waals surface area contributed by atoms with E-state index in [0.29, 0.717) is 0 Å². The molecule has 0 N–H and O–H groups in total. The van der Waals surface area contributed by atoms with E-state index in [0.717, 1.165) is 5.56 Å². The molecule has 2 rings (SSSR count). The Hall–Kier alpha value is -1.31. The predicted molar refractivity (Wildman–Crippen MR) is 64.3 cm³/mol. The minimum absolute atomic E-state index is 0. The molecule has 0 fully saturated rings. The van der Waals surface area contributed by atoms with E-state index in [1.54, 1.807) is 0 Å². The molecule has 2 aromatic carbocycles. The molecule has 0 aliphatic carbocycles. The Morgan fingerprint density at radius 2 is 1.88 bits per heavy atom. The summed E-state index contributed by atoms with van der Waals surface area (Å²) in [7, 11) is 0. The molecular weight excluding hydrogens is 256 g/mol. The van der Waals surface area contributed by atoms with Crippen LogP contribution in [0.15, 0.2) is 54.6 Å². The van der Waals surface area contributed by atoms with Gasteiger partial charge in [-0.1, -0.05) is 0 Å². The summed E-state index contributed by atoms with van der Waals surface area (Å²) in [5, 5.41) is 0. The fourth-order valence-corrected chi connectivity index (χ4v) is 1.30. The van der Waals surface area contributed by atoms with E-state index >= 15 is 0 Å². The molecule has 0 amide bonds. The second-order valence-corrected chi connectivity index (χ2v) is 3.43. The van der Waals surface area contributed by atoms with Gasteiger partial charge in [0.05, 0.1) is 0 Å². The maximum atomic E-state index is 10.5. The molecule has 0 aromatic heterocycles. The van der Waals surface area contributed by atoms with Crippen molar-refractivity contribution in [3.8, 4) is 0 Å². The van der Waals surface area contributed by atoms with E-state index in [-0.39, 0.29) is 29.1 Å². The van der Waals surface area contributed by atoms with Crippen molar-refractivity contribution in [1.82, 2.24) is 0 Å². The van der Waals surface area contributed by atoms with Gasteiger partial charge in [-0.2, -0.15) is 30.3 Å². The van der Waals surface area contributed by atoms with Crippen molar-refractivity contribution < 1.29 is 26.6 Å². The molecule has 3 heteroatoms. The van der Waals surface area contributed by atoms with Gasteiger partial charge in [-0.15, -0.1) is 5.56 Å². The number of hydrogen-bond acceptors (Lipinski definition) is 2. The second kappa shape index (κ2) is 8.80. The smallest absolute Gasteiger partial charge is 0.460 e. The van der Waals surface area contributed by atoms with Crippen LogP contribution in [0, 0.1) is 0 Å². The van der Waals surface area contributed by atoms with Crippen LogP contribution in [0.4, 0.5) is 0 Å². The van der Waals surface area contributed by atoms with Crippen molar-refractivity contribution >= 4 is 5.97 Å². The van der Waals surface area contributed by atoms with Crippen molar-refractivity contribution in [2.24, 2.45) is 0 Å². The topological polar surface area (TPSA) is 26.3 Å². The van der Waals surface area contributed by atoms with E-state index in [4.69, 9.17) is 4.74 Å². The van der Waals surface area contributed by atoms with Crippen LogP contribution in [-0.2, 0) is 26.6 Å². The first-order chi connectivity index (χ1) is 7.70. The standard InChI is InChI=1S/C9H11O2.C5H5.Fe/c1-7(11-8(2)10)9-5-3-4-6-9;1-2-4-5-3-1;/h3-7H,1-2H3;1-5H;/q2*-1;+2/t7-;;/m1../s1. The van der Waals surface area contributed by atoms with Gasteiger partial charge in [-0.25, -0.2) is 24.3 Å². The molecule has 2 nitrogen and oxygen atoms in total. The summed E-state index contributed by atoms with van der Waals surface area (Å²) in [6.45, 7) is 3.27. The Morgan fingerprint density at radius 1 is 1.24 bits per heavy atom. The normalized spacial score (nSPS) is 10.5. The minimum atomic E-state index is -0.237. The van der Waals surface area contributed by atoms with Gasteiger partial charge in [0.1, 0.15) is 6.10 Å². The molecular formula is C14H16FeO2. The third-order valence-corrected chi connectivity index (χ3v) is 2.06. The number of esters is 1. The van der Waals surface area contributed by atoms with Crippen LogP contribution >= 0.6 is 0 Å². The summed E-state index contributed by atoms with van der Waals surface area (Å²) in [5.41, 5.74) is 1.04. The summed E-state index contributed by atoms with van der Waals surface area (Å²) < 4.78 is 4.96. The van der Waals surface area contributed by atoms with Crippen LogP contribution in [0.1, 0.15) is 25.5 Å². The molecule has 0 spiro atoms. The maximum Gasteiger partial charge on any atom is 2.00 e. The summed E-state index contributed by atoms with van der Waals surface area (Å²) in [6.07, 6.45) is -0.123. The largest absolute Gasteiger partial charge is 2.00 e. The van der Waals surface area contributed by atoms with E-state index in [9.17, 15) is 4.79 Å². The van der Waals surface area contributed by atoms with E-state index in [2.05, 4.69) is 0 Å². The Morgan fingerprint density at radius 3 is 2.24 bits per heavy atom. The fourth-order valence-electron chi connectivity index (χ4n) is 1.30. The number of rotatable bonds is 2. The van der Waals surface area contributed by atoms with Gasteiger partial charge in [-0.3, -0.25) is 4.79 Å². The van der Waals surface area contributed by atoms with Crippen LogP contribution in [0.3, 0.4) is 0 Å². The summed E-state index contributed by atoms with van der Waals surface area (Å²) >= 11 is 0. The Balaban J connectivity index is 0.000000360. The minimum Gasteiger partial charge on any atom is -0.460 e. The zero-order valence-electron chi connectivity index (χ0n) is 9.94. The zero-order valence-corrected chi connectivity index (χ0v) is 11.0. The maximum absolute atomic E-state index is 10.5. The van der Waals surface area contributed by atoms with Crippen molar-refractivity contribution in [3.05, 3.63) is 60.2 Å². The monoisotopic (exact) mass is 272 g/mol. The molecule has 0 saturated carbocycles. The van der Waals surface area contributed by atoms with E-state index in [1.165, 1.54) is 6.92 Å². The van der Waals surface area contributed by atoms with Gasteiger partial charge < -0.3 is 4.74 Å². The predicted octanol–water partition coefficient (Wildman–Crippen LogP) is 3.43. The van der Waals surface area contributed by atoms with Crippen LogP contribution < -0.4 is 0 Å². The molecule has 0 radical (unpaired) electrons. The third kappa shape index (κ3) is 6.77. The van der Waals surface area contributed by atoms with Crippen molar-refractivity contribution in [2.45, 2.75) is 20.0 Å². The molecule has 1 atom stereocenters. The molecule has 0 aliphatic rings. The SMILES string of the molecule is CC(=O)O[C@H](C)c1ccc[cH-]1.[Fe+2].c1cc[cH-]c1. The molecule has 0 bridgehead atoms. The van der Waals surface area contributed by atoms with Gasteiger partial charge in [-0.05, 0) is 6.92 Å². The number of carbonyl (C=O) groups is 1. The molecule has 17 heavy (non-hydrogen) atoms.